The first-order chi connectivity index (χ1) is 13.4. The molecule has 1 aromatic heterocycles. The zero-order chi connectivity index (χ0) is 19.6. The second kappa shape index (κ2) is 6.09. The molecule has 146 valence electrons. The molecule has 1 saturated carbocycles. The monoisotopic (exact) mass is 379 g/mol. The molecule has 1 aromatic carbocycles. The third-order valence-corrected chi connectivity index (χ3v) is 5.79. The van der Waals surface area contributed by atoms with Crippen molar-refractivity contribution in [3.05, 3.63) is 45.8 Å². The van der Waals surface area contributed by atoms with Crippen LogP contribution < -0.4 is 15.8 Å². The molecule has 3 heterocycles. The van der Waals surface area contributed by atoms with Crippen molar-refractivity contribution < 1.29 is 4.79 Å². The zero-order valence-corrected chi connectivity index (χ0v) is 16.5. The average Bonchev–Trinajstić information content (AvgIpc) is 3.46. The van der Waals surface area contributed by atoms with Gasteiger partial charge in [0.25, 0.3) is 5.56 Å². The first-order valence-electron chi connectivity index (χ1n) is 9.97. The maximum absolute atomic E-state index is 13.3. The van der Waals surface area contributed by atoms with Gasteiger partial charge in [0.05, 0.1) is 35.4 Å². The second-order valence-electron chi connectivity index (χ2n) is 8.39. The highest BCUT2D eigenvalue weighted by Crippen LogP contribution is 2.40. The van der Waals surface area contributed by atoms with Gasteiger partial charge in [0.2, 0.25) is 5.91 Å². The van der Waals surface area contributed by atoms with Gasteiger partial charge in [-0.2, -0.15) is 0 Å². The van der Waals surface area contributed by atoms with Crippen LogP contribution in [0.2, 0.25) is 0 Å². The van der Waals surface area contributed by atoms with E-state index in [2.05, 4.69) is 22.2 Å². The Balaban J connectivity index is 1.55. The fraction of sp³-hybridized carbons (Fsp3) is 0.476. The summed E-state index contributed by atoms with van der Waals surface area (Å²) in [6.45, 7) is 5.70. The van der Waals surface area contributed by atoms with Gasteiger partial charge in [-0.15, -0.1) is 0 Å². The molecule has 3 aliphatic rings. The van der Waals surface area contributed by atoms with Crippen LogP contribution in [0.15, 0.2) is 34.4 Å². The second-order valence-corrected chi connectivity index (χ2v) is 8.39. The summed E-state index contributed by atoms with van der Waals surface area (Å²) in [5, 5.41) is 3.46. The highest BCUT2D eigenvalue weighted by molar-refractivity contribution is 5.84. The van der Waals surface area contributed by atoms with Crippen molar-refractivity contribution in [2.24, 2.45) is 0 Å². The van der Waals surface area contributed by atoms with Crippen molar-refractivity contribution >= 4 is 22.5 Å². The van der Waals surface area contributed by atoms with Crippen LogP contribution >= 0.6 is 0 Å². The smallest absolute Gasteiger partial charge is 0.261 e. The van der Waals surface area contributed by atoms with Gasteiger partial charge in [-0.3, -0.25) is 14.2 Å². The van der Waals surface area contributed by atoms with Gasteiger partial charge >= 0.3 is 0 Å². The van der Waals surface area contributed by atoms with Crippen molar-refractivity contribution in [1.82, 2.24) is 19.8 Å². The van der Waals surface area contributed by atoms with Crippen molar-refractivity contribution in [3.63, 3.8) is 0 Å². The molecule has 7 nitrogen and oxygen atoms in total. The van der Waals surface area contributed by atoms with Crippen LogP contribution in [0.4, 0.5) is 5.69 Å². The SMILES string of the molecule is CC(C)NC(=O)Cn1c(C2CC2)nc2ccc(N3CC4=C3CN4C)cc2c1=O. The minimum atomic E-state index is -0.147. The Hall–Kier alpha value is -2.83. The van der Waals surface area contributed by atoms with E-state index in [0.717, 1.165) is 43.0 Å². The van der Waals surface area contributed by atoms with Crippen LogP contribution in [0.3, 0.4) is 0 Å². The standard InChI is InChI=1S/C21H25N5O2/c1-12(2)22-19(27)11-26-20(13-4-5-13)23-16-7-6-14(8-15(16)21(26)28)25-10-17-18(25)9-24(17)3/h6-8,12-13H,4-5,9-11H2,1-3H3,(H,22,27). The summed E-state index contributed by atoms with van der Waals surface area (Å²) >= 11 is 0. The molecule has 28 heavy (non-hydrogen) atoms. The summed E-state index contributed by atoms with van der Waals surface area (Å²) in [7, 11) is 2.10. The van der Waals surface area contributed by atoms with Gasteiger partial charge in [-0.25, -0.2) is 4.98 Å². The van der Waals surface area contributed by atoms with E-state index in [-0.39, 0.29) is 30.0 Å². The number of hydrogen-bond acceptors (Lipinski definition) is 5. The quantitative estimate of drug-likeness (QED) is 0.858. The molecule has 0 spiro atoms. The van der Waals surface area contributed by atoms with E-state index < -0.39 is 0 Å². The summed E-state index contributed by atoms with van der Waals surface area (Å²) in [5.74, 6) is 0.891. The number of likely N-dealkylation sites (N-methyl/N-ethyl adjacent to an activating group) is 1. The number of nitrogens with one attached hydrogen (secondary N) is 1. The number of nitrogens with zero attached hydrogens (tertiary/aromatic N) is 4. The van der Waals surface area contributed by atoms with E-state index in [1.165, 1.54) is 11.4 Å². The van der Waals surface area contributed by atoms with Crippen LogP contribution in [0.25, 0.3) is 10.9 Å². The molecule has 1 aliphatic carbocycles. The molecule has 0 radical (unpaired) electrons. The summed E-state index contributed by atoms with van der Waals surface area (Å²) < 4.78 is 1.58. The van der Waals surface area contributed by atoms with Crippen molar-refractivity contribution in [2.45, 2.75) is 45.2 Å². The lowest BCUT2D eigenvalue weighted by Gasteiger charge is -2.51. The van der Waals surface area contributed by atoms with E-state index >= 15 is 0 Å². The van der Waals surface area contributed by atoms with Gasteiger partial charge < -0.3 is 15.1 Å². The number of carbonyl (C=O) groups excluding carboxylic acids is 1. The summed E-state index contributed by atoms with van der Waals surface area (Å²) in [6, 6.07) is 5.96. The Morgan fingerprint density at radius 2 is 2.04 bits per heavy atom. The van der Waals surface area contributed by atoms with Crippen LogP contribution in [-0.4, -0.2) is 46.5 Å². The Morgan fingerprint density at radius 1 is 1.25 bits per heavy atom. The maximum Gasteiger partial charge on any atom is 0.261 e. The summed E-state index contributed by atoms with van der Waals surface area (Å²) in [6.07, 6.45) is 2.06. The van der Waals surface area contributed by atoms with Gasteiger partial charge in [-0.1, -0.05) is 0 Å². The first kappa shape index (κ1) is 17.3. The van der Waals surface area contributed by atoms with E-state index in [1.807, 2.05) is 32.0 Å². The highest BCUT2D eigenvalue weighted by Gasteiger charge is 2.38. The van der Waals surface area contributed by atoms with Gasteiger partial charge in [0, 0.05) is 24.7 Å². The number of benzene rings is 1. The number of aromatic nitrogens is 2. The van der Waals surface area contributed by atoms with Crippen molar-refractivity contribution in [1.29, 1.82) is 0 Å². The first-order valence-corrected chi connectivity index (χ1v) is 9.97. The molecule has 0 bridgehead atoms. The topological polar surface area (TPSA) is 70.5 Å². The lowest BCUT2D eigenvalue weighted by atomic mass is 10.00. The van der Waals surface area contributed by atoms with Crippen LogP contribution in [0, 0.1) is 0 Å². The molecular formula is C21H25N5O2. The van der Waals surface area contributed by atoms with Crippen molar-refractivity contribution in [2.75, 3.05) is 25.0 Å². The molecule has 0 atom stereocenters. The number of anilines is 1. The minimum absolute atomic E-state index is 0.0276. The minimum Gasteiger partial charge on any atom is -0.369 e. The van der Waals surface area contributed by atoms with Crippen LogP contribution in [0.5, 0.6) is 0 Å². The van der Waals surface area contributed by atoms with E-state index in [0.29, 0.717) is 5.39 Å². The largest absolute Gasteiger partial charge is 0.369 e. The van der Waals surface area contributed by atoms with E-state index in [9.17, 15) is 9.59 Å². The third kappa shape index (κ3) is 2.68. The number of piperazine rings is 1. The molecule has 7 heteroatoms. The predicted octanol–water partition coefficient (Wildman–Crippen LogP) is 1.78. The molecule has 5 rings (SSSR count). The van der Waals surface area contributed by atoms with Crippen molar-refractivity contribution in [3.8, 4) is 0 Å². The predicted molar refractivity (Wildman–Crippen MR) is 108 cm³/mol. The molecule has 1 fully saturated rings. The molecule has 1 amide bonds. The lowest BCUT2D eigenvalue weighted by Crippen LogP contribution is -2.54. The Labute approximate surface area is 163 Å². The fourth-order valence-corrected chi connectivity index (χ4v) is 4.11. The Bertz CT molecular complexity index is 1080. The normalized spacial score (nSPS) is 18.3. The van der Waals surface area contributed by atoms with Crippen LogP contribution in [-0.2, 0) is 11.3 Å². The van der Waals surface area contributed by atoms with E-state index in [4.69, 9.17) is 4.98 Å². The number of hydrogen-bond donors (Lipinski definition) is 1. The maximum atomic E-state index is 13.3. The fourth-order valence-electron chi connectivity index (χ4n) is 4.11. The third-order valence-electron chi connectivity index (χ3n) is 5.79. The van der Waals surface area contributed by atoms with Gasteiger partial charge in [-0.05, 0) is 44.9 Å². The zero-order valence-electron chi connectivity index (χ0n) is 16.5. The van der Waals surface area contributed by atoms with Crippen LogP contribution in [0.1, 0.15) is 38.4 Å². The summed E-state index contributed by atoms with van der Waals surface area (Å²) in [5.41, 5.74) is 4.34. The Morgan fingerprint density at radius 3 is 2.64 bits per heavy atom. The molecule has 2 aliphatic heterocycles. The lowest BCUT2D eigenvalue weighted by molar-refractivity contribution is -0.122. The molecular weight excluding hydrogens is 354 g/mol. The molecule has 0 unspecified atom stereocenters. The summed E-state index contributed by atoms with van der Waals surface area (Å²) in [4.78, 5) is 34.9. The van der Waals surface area contributed by atoms with Gasteiger partial charge in [0.15, 0.2) is 0 Å². The highest BCUT2D eigenvalue weighted by atomic mass is 16.2. The number of fused-ring (bicyclic) bond motifs is 1. The number of carbonyl (C=O) groups is 1. The molecule has 0 saturated heterocycles. The number of rotatable bonds is 5. The average molecular weight is 379 g/mol. The van der Waals surface area contributed by atoms with Gasteiger partial charge in [0.1, 0.15) is 12.4 Å². The Kier molecular flexibility index (Phi) is 3.76. The molecule has 1 N–H and O–H groups in total. The van der Waals surface area contributed by atoms with E-state index in [1.54, 1.807) is 4.57 Å². The number of amides is 1. The molecule has 2 aromatic rings.